The molecule has 152 valence electrons. The van der Waals surface area contributed by atoms with Crippen LogP contribution < -0.4 is 4.74 Å². The molecule has 2 heterocycles. The monoisotopic (exact) mass is 409 g/mol. The quantitative estimate of drug-likeness (QED) is 0.647. The summed E-state index contributed by atoms with van der Waals surface area (Å²) in [6, 6.07) is 7.88. The van der Waals surface area contributed by atoms with E-state index in [1.807, 2.05) is 17.5 Å². The van der Waals surface area contributed by atoms with Gasteiger partial charge in [-0.2, -0.15) is 0 Å². The summed E-state index contributed by atoms with van der Waals surface area (Å²) in [5.41, 5.74) is 4.40. The van der Waals surface area contributed by atoms with Gasteiger partial charge in [-0.05, 0) is 41.3 Å². The van der Waals surface area contributed by atoms with Crippen molar-refractivity contribution in [1.82, 2.24) is 4.90 Å². The number of allylic oxidation sites excluding steroid dienone is 1. The minimum atomic E-state index is -0.314. The summed E-state index contributed by atoms with van der Waals surface area (Å²) in [7, 11) is 0. The molecule has 2 aliphatic rings. The van der Waals surface area contributed by atoms with Crippen molar-refractivity contribution in [3.05, 3.63) is 63.4 Å². The maximum atomic E-state index is 12.9. The Bertz CT molecular complexity index is 965. The van der Waals surface area contributed by atoms with Crippen LogP contribution in [0.15, 0.2) is 41.8 Å². The van der Waals surface area contributed by atoms with Crippen molar-refractivity contribution in [3.8, 4) is 5.75 Å². The Kier molecular flexibility index (Phi) is 5.11. The fourth-order valence-electron chi connectivity index (χ4n) is 4.01. The summed E-state index contributed by atoms with van der Waals surface area (Å²) in [6.07, 6.45) is 1.89. The third-order valence-electron chi connectivity index (χ3n) is 5.82. The van der Waals surface area contributed by atoms with Gasteiger partial charge in [0.05, 0.1) is 10.9 Å². The van der Waals surface area contributed by atoms with Gasteiger partial charge in [0, 0.05) is 24.1 Å². The van der Waals surface area contributed by atoms with Gasteiger partial charge in [-0.1, -0.05) is 45.1 Å². The maximum Gasteiger partial charge on any atom is 0.265 e. The first-order chi connectivity index (χ1) is 13.7. The number of hydrogen-bond donors (Lipinski definition) is 0. The van der Waals surface area contributed by atoms with E-state index in [4.69, 9.17) is 4.74 Å². The number of rotatable bonds is 4. The van der Waals surface area contributed by atoms with Crippen LogP contribution >= 0.6 is 11.3 Å². The van der Waals surface area contributed by atoms with Crippen molar-refractivity contribution in [1.29, 1.82) is 0 Å². The zero-order valence-corrected chi connectivity index (χ0v) is 18.1. The fourth-order valence-corrected chi connectivity index (χ4v) is 5.04. The van der Waals surface area contributed by atoms with Crippen LogP contribution in [0.1, 0.15) is 66.4 Å². The third kappa shape index (κ3) is 3.88. The van der Waals surface area contributed by atoms with Gasteiger partial charge in [0.15, 0.2) is 5.78 Å². The van der Waals surface area contributed by atoms with Gasteiger partial charge < -0.3 is 9.64 Å². The number of benzene rings is 1. The Hall–Kier alpha value is -2.40. The predicted molar refractivity (Wildman–Crippen MR) is 115 cm³/mol. The summed E-state index contributed by atoms with van der Waals surface area (Å²) < 4.78 is 5.99. The topological polar surface area (TPSA) is 46.6 Å². The number of ketones is 1. The average molecular weight is 410 g/mol. The van der Waals surface area contributed by atoms with Gasteiger partial charge in [-0.15, -0.1) is 11.3 Å². The van der Waals surface area contributed by atoms with Crippen LogP contribution in [0, 0.1) is 0 Å². The highest BCUT2D eigenvalue weighted by Crippen LogP contribution is 2.36. The van der Waals surface area contributed by atoms with Crippen molar-refractivity contribution >= 4 is 23.0 Å². The molecule has 1 aromatic heterocycles. The minimum Gasteiger partial charge on any atom is -0.489 e. The van der Waals surface area contributed by atoms with E-state index in [-0.39, 0.29) is 23.1 Å². The second kappa shape index (κ2) is 7.45. The lowest BCUT2D eigenvalue weighted by Gasteiger charge is -2.30. The molecule has 2 aromatic rings. The number of carbonyl (C=O) groups excluding carboxylic acids is 2. The van der Waals surface area contributed by atoms with E-state index in [9.17, 15) is 9.59 Å². The highest BCUT2D eigenvalue weighted by atomic mass is 32.1. The van der Waals surface area contributed by atoms with Crippen LogP contribution in [0.3, 0.4) is 0 Å². The first-order valence-electron chi connectivity index (χ1n) is 10.1. The molecular weight excluding hydrogens is 382 g/mol. The number of carbonyl (C=O) groups is 2. The fraction of sp³-hybridized carbons (Fsp3) is 0.417. The summed E-state index contributed by atoms with van der Waals surface area (Å²) in [5.74, 6) is 0.915. The Morgan fingerprint density at radius 1 is 1.21 bits per heavy atom. The van der Waals surface area contributed by atoms with Crippen LogP contribution in [-0.2, 0) is 23.4 Å². The summed E-state index contributed by atoms with van der Waals surface area (Å²) in [6.45, 7) is 11.4. The van der Waals surface area contributed by atoms with Crippen LogP contribution in [-0.4, -0.2) is 22.6 Å². The molecule has 1 amide bonds. The lowest BCUT2D eigenvalue weighted by Crippen LogP contribution is -2.43. The van der Waals surface area contributed by atoms with E-state index < -0.39 is 0 Å². The molecule has 1 aliphatic heterocycles. The Labute approximate surface area is 176 Å². The van der Waals surface area contributed by atoms with Crippen molar-refractivity contribution in [2.24, 2.45) is 0 Å². The SMILES string of the molecule is C=C1CC[C@H](N2Cc3c(COc4ccc(C(C)(C)C)cc4)csc3C2=O)C(=O)C1. The zero-order valence-electron chi connectivity index (χ0n) is 17.3. The van der Waals surface area contributed by atoms with Crippen LogP contribution in [0.4, 0.5) is 0 Å². The van der Waals surface area contributed by atoms with E-state index in [0.717, 1.165) is 33.7 Å². The lowest BCUT2D eigenvalue weighted by molar-refractivity contribution is -0.124. The summed E-state index contributed by atoms with van der Waals surface area (Å²) in [5, 5.41) is 2.01. The highest BCUT2D eigenvalue weighted by molar-refractivity contribution is 7.12. The molecule has 0 spiro atoms. The molecule has 4 nitrogen and oxygen atoms in total. The summed E-state index contributed by atoms with van der Waals surface area (Å²) >= 11 is 1.46. The van der Waals surface area contributed by atoms with Crippen LogP contribution in [0.25, 0.3) is 0 Å². The molecule has 0 saturated heterocycles. The number of ether oxygens (including phenoxy) is 1. The average Bonchev–Trinajstić information content (AvgIpc) is 3.20. The molecule has 5 heteroatoms. The van der Waals surface area contributed by atoms with Gasteiger partial charge in [-0.3, -0.25) is 9.59 Å². The molecular formula is C24H27NO3S. The standard InChI is InChI=1S/C24H27NO3S/c1-15-5-10-20(21(26)11-15)25-12-19-16(14-29-22(19)23(25)27)13-28-18-8-6-17(7-9-18)24(2,3)4/h6-9,14,20H,1,5,10-13H2,2-4H3/t20-/m0/s1. The molecule has 29 heavy (non-hydrogen) atoms. The lowest BCUT2D eigenvalue weighted by atomic mass is 9.87. The third-order valence-corrected chi connectivity index (χ3v) is 6.88. The van der Waals surface area contributed by atoms with E-state index in [0.29, 0.717) is 26.0 Å². The van der Waals surface area contributed by atoms with E-state index >= 15 is 0 Å². The summed E-state index contributed by atoms with van der Waals surface area (Å²) in [4.78, 5) is 27.8. The zero-order chi connectivity index (χ0) is 20.8. The molecule has 1 fully saturated rings. The molecule has 4 rings (SSSR count). The Balaban J connectivity index is 1.44. The molecule has 1 saturated carbocycles. The predicted octanol–water partition coefficient (Wildman–Crippen LogP) is 5.26. The molecule has 0 radical (unpaired) electrons. The maximum absolute atomic E-state index is 12.9. The smallest absolute Gasteiger partial charge is 0.265 e. The number of nitrogens with zero attached hydrogens (tertiary/aromatic N) is 1. The molecule has 1 aromatic carbocycles. The first kappa shape index (κ1) is 19.9. The van der Waals surface area contributed by atoms with E-state index in [1.165, 1.54) is 16.9 Å². The second-order valence-corrected chi connectivity index (χ2v) is 9.89. The van der Waals surface area contributed by atoms with E-state index in [2.05, 4.69) is 39.5 Å². The molecule has 0 unspecified atom stereocenters. The van der Waals surface area contributed by atoms with Gasteiger partial charge in [0.1, 0.15) is 12.4 Å². The Morgan fingerprint density at radius 3 is 2.59 bits per heavy atom. The number of hydrogen-bond acceptors (Lipinski definition) is 4. The normalized spacial score (nSPS) is 19.6. The number of fused-ring (bicyclic) bond motifs is 1. The number of thiophene rings is 1. The molecule has 0 bridgehead atoms. The van der Waals surface area contributed by atoms with Crippen LogP contribution in [0.5, 0.6) is 5.75 Å². The van der Waals surface area contributed by atoms with Crippen LogP contribution in [0.2, 0.25) is 0 Å². The molecule has 1 aliphatic carbocycles. The van der Waals surface area contributed by atoms with Crippen molar-refractivity contribution in [2.75, 3.05) is 0 Å². The molecule has 1 atom stereocenters. The highest BCUT2D eigenvalue weighted by Gasteiger charge is 2.39. The first-order valence-corrected chi connectivity index (χ1v) is 10.9. The van der Waals surface area contributed by atoms with E-state index in [1.54, 1.807) is 4.90 Å². The minimum absolute atomic E-state index is 0.0170. The number of amides is 1. The molecule has 0 N–H and O–H groups in total. The van der Waals surface area contributed by atoms with Gasteiger partial charge in [-0.25, -0.2) is 0 Å². The van der Waals surface area contributed by atoms with Gasteiger partial charge in [0.2, 0.25) is 0 Å². The largest absolute Gasteiger partial charge is 0.489 e. The second-order valence-electron chi connectivity index (χ2n) is 9.01. The number of Topliss-reactive ketones (excluding diaryl/α,β-unsaturated/α-hetero) is 1. The van der Waals surface area contributed by atoms with Gasteiger partial charge in [0.25, 0.3) is 5.91 Å². The van der Waals surface area contributed by atoms with Crippen molar-refractivity contribution in [2.45, 2.75) is 64.6 Å². The van der Waals surface area contributed by atoms with Crippen molar-refractivity contribution < 1.29 is 14.3 Å². The van der Waals surface area contributed by atoms with Gasteiger partial charge >= 0.3 is 0 Å². The van der Waals surface area contributed by atoms with Crippen molar-refractivity contribution in [3.63, 3.8) is 0 Å². The Morgan fingerprint density at radius 2 is 1.93 bits per heavy atom.